The highest BCUT2D eigenvalue weighted by atomic mass is 35.5. The summed E-state index contributed by atoms with van der Waals surface area (Å²) in [7, 11) is 0. The molecule has 2 rings (SSSR count). The standard InChI is InChI=1S/C11H13Cl2NO2/c1-6-10(2-3-16-6)14-7-4-8(12)11(15)9(13)5-7/h4-6,10,14-15H,2-3H2,1H3. The van der Waals surface area contributed by atoms with E-state index in [0.717, 1.165) is 18.7 Å². The smallest absolute Gasteiger partial charge is 0.152 e. The van der Waals surface area contributed by atoms with E-state index in [2.05, 4.69) is 5.32 Å². The number of phenolic OH excluding ortho intramolecular Hbond substituents is 1. The molecule has 5 heteroatoms. The molecule has 16 heavy (non-hydrogen) atoms. The van der Waals surface area contributed by atoms with Gasteiger partial charge in [-0.05, 0) is 25.5 Å². The molecule has 0 amide bonds. The van der Waals surface area contributed by atoms with Crippen LogP contribution in [0, 0.1) is 0 Å². The van der Waals surface area contributed by atoms with Gasteiger partial charge in [0.15, 0.2) is 5.75 Å². The number of halogens is 2. The first-order valence-electron chi connectivity index (χ1n) is 5.14. The van der Waals surface area contributed by atoms with Crippen molar-refractivity contribution >= 4 is 28.9 Å². The van der Waals surface area contributed by atoms with E-state index in [1.165, 1.54) is 0 Å². The zero-order valence-electron chi connectivity index (χ0n) is 8.84. The number of nitrogens with one attached hydrogen (secondary N) is 1. The minimum absolute atomic E-state index is 0.0791. The molecule has 2 N–H and O–H groups in total. The zero-order chi connectivity index (χ0) is 11.7. The van der Waals surface area contributed by atoms with Gasteiger partial charge in [-0.1, -0.05) is 23.2 Å². The molecule has 0 saturated carbocycles. The van der Waals surface area contributed by atoms with Gasteiger partial charge < -0.3 is 15.2 Å². The van der Waals surface area contributed by atoms with Gasteiger partial charge >= 0.3 is 0 Å². The van der Waals surface area contributed by atoms with E-state index in [1.807, 2.05) is 6.92 Å². The number of phenols is 1. The molecule has 1 fully saturated rings. The van der Waals surface area contributed by atoms with E-state index >= 15 is 0 Å². The number of hydrogen-bond acceptors (Lipinski definition) is 3. The Morgan fingerprint density at radius 1 is 1.38 bits per heavy atom. The molecule has 0 aromatic heterocycles. The van der Waals surface area contributed by atoms with Crippen LogP contribution in [0.1, 0.15) is 13.3 Å². The van der Waals surface area contributed by atoms with Crippen molar-refractivity contribution in [2.45, 2.75) is 25.5 Å². The maximum absolute atomic E-state index is 9.43. The van der Waals surface area contributed by atoms with Gasteiger partial charge in [-0.2, -0.15) is 0 Å². The number of benzene rings is 1. The molecule has 1 saturated heterocycles. The first-order chi connectivity index (χ1) is 7.58. The summed E-state index contributed by atoms with van der Waals surface area (Å²) in [6.45, 7) is 2.78. The van der Waals surface area contributed by atoms with Crippen molar-refractivity contribution in [1.29, 1.82) is 0 Å². The van der Waals surface area contributed by atoms with Crippen LogP contribution in [0.4, 0.5) is 5.69 Å². The SMILES string of the molecule is CC1OCCC1Nc1cc(Cl)c(O)c(Cl)c1. The molecule has 0 spiro atoms. The van der Waals surface area contributed by atoms with Gasteiger partial charge in [-0.3, -0.25) is 0 Å². The summed E-state index contributed by atoms with van der Waals surface area (Å²) >= 11 is 11.7. The second kappa shape index (κ2) is 4.70. The maximum atomic E-state index is 9.43. The average molecular weight is 262 g/mol. The number of ether oxygens (including phenoxy) is 1. The van der Waals surface area contributed by atoms with Crippen LogP contribution in [0.25, 0.3) is 0 Å². The Morgan fingerprint density at radius 3 is 2.50 bits per heavy atom. The first-order valence-corrected chi connectivity index (χ1v) is 5.89. The summed E-state index contributed by atoms with van der Waals surface area (Å²) in [6, 6.07) is 3.58. The van der Waals surface area contributed by atoms with Crippen molar-refractivity contribution in [3.63, 3.8) is 0 Å². The number of hydrogen-bond donors (Lipinski definition) is 2. The van der Waals surface area contributed by atoms with E-state index in [9.17, 15) is 5.11 Å². The van der Waals surface area contributed by atoms with Gasteiger partial charge in [0, 0.05) is 12.3 Å². The van der Waals surface area contributed by atoms with Crippen molar-refractivity contribution in [3.8, 4) is 5.75 Å². The molecule has 0 aliphatic carbocycles. The fourth-order valence-corrected chi connectivity index (χ4v) is 2.27. The van der Waals surface area contributed by atoms with Gasteiger partial charge in [0.1, 0.15) is 0 Å². The molecule has 2 atom stereocenters. The largest absolute Gasteiger partial charge is 0.505 e. The molecule has 1 aliphatic heterocycles. The Kier molecular flexibility index (Phi) is 3.47. The third-order valence-electron chi connectivity index (χ3n) is 2.75. The summed E-state index contributed by atoms with van der Waals surface area (Å²) < 4.78 is 5.44. The Balaban J connectivity index is 2.15. The lowest BCUT2D eigenvalue weighted by atomic mass is 10.1. The maximum Gasteiger partial charge on any atom is 0.152 e. The fraction of sp³-hybridized carbons (Fsp3) is 0.455. The lowest BCUT2D eigenvalue weighted by Crippen LogP contribution is -2.26. The van der Waals surface area contributed by atoms with Crippen LogP contribution in [0.2, 0.25) is 10.0 Å². The minimum Gasteiger partial charge on any atom is -0.505 e. The Morgan fingerprint density at radius 2 is 2.00 bits per heavy atom. The second-order valence-electron chi connectivity index (χ2n) is 3.90. The Bertz CT molecular complexity index is 375. The molecular formula is C11H13Cl2NO2. The quantitative estimate of drug-likeness (QED) is 0.803. The van der Waals surface area contributed by atoms with Gasteiger partial charge in [0.05, 0.1) is 22.2 Å². The van der Waals surface area contributed by atoms with E-state index in [-0.39, 0.29) is 27.9 Å². The van der Waals surface area contributed by atoms with Gasteiger partial charge in [-0.25, -0.2) is 0 Å². The number of rotatable bonds is 2. The third kappa shape index (κ3) is 2.37. The number of aromatic hydroxyl groups is 1. The molecule has 0 bridgehead atoms. The monoisotopic (exact) mass is 261 g/mol. The first kappa shape index (κ1) is 11.8. The predicted octanol–water partition coefficient (Wildman–Crippen LogP) is 3.29. The zero-order valence-corrected chi connectivity index (χ0v) is 10.3. The van der Waals surface area contributed by atoms with Crippen molar-refractivity contribution in [1.82, 2.24) is 0 Å². The molecule has 1 heterocycles. The van der Waals surface area contributed by atoms with Crippen LogP contribution in [0.5, 0.6) is 5.75 Å². The van der Waals surface area contributed by atoms with Gasteiger partial charge in [-0.15, -0.1) is 0 Å². The minimum atomic E-state index is -0.0791. The van der Waals surface area contributed by atoms with Crippen LogP contribution in [0.15, 0.2) is 12.1 Å². The van der Waals surface area contributed by atoms with Gasteiger partial charge in [0.2, 0.25) is 0 Å². The summed E-state index contributed by atoms with van der Waals surface area (Å²) in [4.78, 5) is 0. The molecule has 88 valence electrons. The van der Waals surface area contributed by atoms with Crippen LogP contribution < -0.4 is 5.32 Å². The van der Waals surface area contributed by atoms with Crippen LogP contribution in [-0.2, 0) is 4.74 Å². The lowest BCUT2D eigenvalue weighted by molar-refractivity contribution is 0.121. The van der Waals surface area contributed by atoms with Crippen molar-refractivity contribution in [3.05, 3.63) is 22.2 Å². The van der Waals surface area contributed by atoms with Crippen molar-refractivity contribution < 1.29 is 9.84 Å². The van der Waals surface area contributed by atoms with Crippen molar-refractivity contribution in [2.75, 3.05) is 11.9 Å². The van der Waals surface area contributed by atoms with E-state index in [1.54, 1.807) is 12.1 Å². The molecule has 0 radical (unpaired) electrons. The topological polar surface area (TPSA) is 41.5 Å². The van der Waals surface area contributed by atoms with Crippen molar-refractivity contribution in [2.24, 2.45) is 0 Å². The van der Waals surface area contributed by atoms with E-state index in [4.69, 9.17) is 27.9 Å². The fourth-order valence-electron chi connectivity index (χ4n) is 1.78. The van der Waals surface area contributed by atoms with E-state index < -0.39 is 0 Å². The van der Waals surface area contributed by atoms with E-state index in [0.29, 0.717) is 0 Å². The molecule has 1 aromatic carbocycles. The summed E-state index contributed by atoms with van der Waals surface area (Å²) in [6.07, 6.45) is 1.13. The highest BCUT2D eigenvalue weighted by Crippen LogP contribution is 2.35. The normalized spacial score (nSPS) is 24.7. The molecule has 1 aliphatic rings. The molecule has 1 aromatic rings. The molecular weight excluding hydrogens is 249 g/mol. The van der Waals surface area contributed by atoms with Gasteiger partial charge in [0.25, 0.3) is 0 Å². The summed E-state index contributed by atoms with van der Waals surface area (Å²) in [5.74, 6) is -0.0791. The van der Waals surface area contributed by atoms with Crippen LogP contribution in [0.3, 0.4) is 0 Å². The molecule has 3 nitrogen and oxygen atoms in total. The number of anilines is 1. The summed E-state index contributed by atoms with van der Waals surface area (Å²) in [5, 5.41) is 13.2. The molecule has 2 unspecified atom stereocenters. The lowest BCUT2D eigenvalue weighted by Gasteiger charge is -2.18. The summed E-state index contributed by atoms with van der Waals surface area (Å²) in [5.41, 5.74) is 0.801. The van der Waals surface area contributed by atoms with Crippen LogP contribution in [-0.4, -0.2) is 23.9 Å². The third-order valence-corrected chi connectivity index (χ3v) is 3.32. The second-order valence-corrected chi connectivity index (χ2v) is 4.72. The highest BCUT2D eigenvalue weighted by molar-refractivity contribution is 6.37. The highest BCUT2D eigenvalue weighted by Gasteiger charge is 2.24. The Hall–Kier alpha value is -0.640. The predicted molar refractivity (Wildman–Crippen MR) is 65.6 cm³/mol. The van der Waals surface area contributed by atoms with Crippen LogP contribution >= 0.6 is 23.2 Å². The Labute approximate surface area is 104 Å². The average Bonchev–Trinajstić information content (AvgIpc) is 2.61.